The van der Waals surface area contributed by atoms with Gasteiger partial charge in [0, 0.05) is 25.6 Å². The Kier molecular flexibility index (Phi) is 10.2. The number of aliphatic carboxylic acids is 1. The standard InChI is InChI=1S/C33H40Cl2N2O8/c1-19-14-23(34)28(24(35)15-19)43-13-12-42-22-10-8-20(9-11-22)26-21-16-36(30(40)44-32(2,3)4)18-25(27(26)29(38)39)37(17-21)31(41)45-33(5,6)7/h8-11,14-15,21,25H,12-13,16-18H2,1-7H3,(H,38,39). The number of aryl methyl sites for hydroxylation is 1. The second-order valence-corrected chi connectivity index (χ2v) is 14.0. The first-order valence-corrected chi connectivity index (χ1v) is 15.5. The van der Waals surface area contributed by atoms with E-state index in [4.69, 9.17) is 42.1 Å². The van der Waals surface area contributed by atoms with Gasteiger partial charge in [-0.2, -0.15) is 0 Å². The molecular weight excluding hydrogens is 623 g/mol. The molecule has 0 saturated carbocycles. The van der Waals surface area contributed by atoms with Crippen molar-refractivity contribution in [3.8, 4) is 11.5 Å². The van der Waals surface area contributed by atoms with Gasteiger partial charge in [-0.1, -0.05) is 35.3 Å². The van der Waals surface area contributed by atoms with Crippen LogP contribution in [0.3, 0.4) is 0 Å². The van der Waals surface area contributed by atoms with Crippen LogP contribution in [0, 0.1) is 12.8 Å². The van der Waals surface area contributed by atoms with Crippen molar-refractivity contribution in [3.63, 3.8) is 0 Å². The van der Waals surface area contributed by atoms with Crippen LogP contribution in [0.4, 0.5) is 9.59 Å². The van der Waals surface area contributed by atoms with E-state index >= 15 is 0 Å². The Labute approximate surface area is 273 Å². The molecule has 2 amide bonds. The van der Waals surface area contributed by atoms with Crippen LogP contribution in [0.1, 0.15) is 52.7 Å². The van der Waals surface area contributed by atoms with Crippen molar-refractivity contribution in [1.82, 2.24) is 9.80 Å². The molecule has 12 heteroatoms. The van der Waals surface area contributed by atoms with E-state index in [1.807, 2.05) is 6.92 Å². The topological polar surface area (TPSA) is 115 Å². The lowest BCUT2D eigenvalue weighted by atomic mass is 9.82. The van der Waals surface area contributed by atoms with Gasteiger partial charge in [-0.25, -0.2) is 14.4 Å². The molecule has 3 aliphatic rings. The fourth-order valence-corrected chi connectivity index (χ4v) is 6.11. The molecule has 10 nitrogen and oxygen atoms in total. The van der Waals surface area contributed by atoms with Crippen molar-refractivity contribution >= 4 is 46.9 Å². The lowest BCUT2D eigenvalue weighted by Gasteiger charge is -2.38. The summed E-state index contributed by atoms with van der Waals surface area (Å²) < 4.78 is 22.8. The second kappa shape index (κ2) is 13.4. The first-order chi connectivity index (χ1) is 20.9. The second-order valence-electron chi connectivity index (χ2n) is 13.1. The number of carbonyl (C=O) groups excluding carboxylic acids is 2. The number of benzene rings is 2. The Bertz CT molecular complexity index is 1450. The highest BCUT2D eigenvalue weighted by atomic mass is 35.5. The maximum Gasteiger partial charge on any atom is 0.410 e. The molecule has 2 atom stereocenters. The Balaban J connectivity index is 1.57. The van der Waals surface area contributed by atoms with Gasteiger partial charge < -0.3 is 29.0 Å². The predicted molar refractivity (Wildman–Crippen MR) is 171 cm³/mol. The highest BCUT2D eigenvalue weighted by Crippen LogP contribution is 2.41. The van der Waals surface area contributed by atoms with Gasteiger partial charge in [0.25, 0.3) is 0 Å². The molecule has 244 valence electrons. The van der Waals surface area contributed by atoms with Gasteiger partial charge in [0.05, 0.1) is 21.7 Å². The number of fused-ring (bicyclic) bond motifs is 3. The average Bonchev–Trinajstić information content (AvgIpc) is 3.20. The molecule has 2 aromatic rings. The molecule has 1 saturated heterocycles. The highest BCUT2D eigenvalue weighted by Gasteiger charge is 2.48. The summed E-state index contributed by atoms with van der Waals surface area (Å²) in [6.45, 7) is 13.1. The smallest absolute Gasteiger partial charge is 0.410 e. The normalized spacial score (nSPS) is 18.4. The summed E-state index contributed by atoms with van der Waals surface area (Å²) in [5, 5.41) is 11.3. The van der Waals surface area contributed by atoms with Crippen LogP contribution in [0.15, 0.2) is 42.0 Å². The summed E-state index contributed by atoms with van der Waals surface area (Å²) in [5.41, 5.74) is 0.627. The Morgan fingerprint density at radius 2 is 1.40 bits per heavy atom. The molecule has 2 aromatic carbocycles. The molecule has 2 unspecified atom stereocenters. The Morgan fingerprint density at radius 3 is 1.96 bits per heavy atom. The minimum atomic E-state index is -1.18. The number of hydrogen-bond donors (Lipinski definition) is 1. The lowest BCUT2D eigenvalue weighted by Crippen LogP contribution is -2.52. The molecule has 1 fully saturated rings. The number of halogens is 2. The monoisotopic (exact) mass is 662 g/mol. The van der Waals surface area contributed by atoms with E-state index in [1.54, 1.807) is 77.9 Å². The summed E-state index contributed by atoms with van der Waals surface area (Å²) in [6, 6.07) is 9.61. The van der Waals surface area contributed by atoms with Crippen LogP contribution in [0.25, 0.3) is 5.57 Å². The minimum Gasteiger partial charge on any atom is -0.490 e. The maximum absolute atomic E-state index is 13.3. The van der Waals surface area contributed by atoms with E-state index in [2.05, 4.69) is 0 Å². The highest BCUT2D eigenvalue weighted by molar-refractivity contribution is 6.37. The minimum absolute atomic E-state index is 0.0390. The van der Waals surface area contributed by atoms with Crippen LogP contribution >= 0.6 is 23.2 Å². The van der Waals surface area contributed by atoms with Crippen molar-refractivity contribution < 1.29 is 38.4 Å². The number of carbonyl (C=O) groups is 3. The van der Waals surface area contributed by atoms with E-state index in [0.29, 0.717) is 32.7 Å². The quantitative estimate of drug-likeness (QED) is 0.313. The number of hydrogen-bond acceptors (Lipinski definition) is 7. The number of amides is 2. The van der Waals surface area contributed by atoms with Crippen molar-refractivity contribution in [2.75, 3.05) is 32.8 Å². The van der Waals surface area contributed by atoms with E-state index in [0.717, 1.165) is 5.56 Å². The van der Waals surface area contributed by atoms with Crippen molar-refractivity contribution in [2.24, 2.45) is 5.92 Å². The average molecular weight is 664 g/mol. The molecule has 0 aromatic heterocycles. The number of ether oxygens (including phenoxy) is 4. The molecule has 2 bridgehead atoms. The van der Waals surface area contributed by atoms with Crippen LogP contribution < -0.4 is 9.47 Å². The van der Waals surface area contributed by atoms with Crippen LogP contribution in [-0.2, 0) is 14.3 Å². The van der Waals surface area contributed by atoms with Gasteiger partial charge in [-0.15, -0.1) is 0 Å². The van der Waals surface area contributed by atoms with Crippen molar-refractivity contribution in [3.05, 3.63) is 63.1 Å². The van der Waals surface area contributed by atoms with Gasteiger partial charge in [0.15, 0.2) is 5.75 Å². The molecule has 0 radical (unpaired) electrons. The summed E-state index contributed by atoms with van der Waals surface area (Å²) in [6.07, 6.45) is -1.21. The molecule has 45 heavy (non-hydrogen) atoms. The molecule has 1 N–H and O–H groups in total. The third-order valence-electron chi connectivity index (χ3n) is 7.08. The van der Waals surface area contributed by atoms with Crippen LogP contribution in [-0.4, -0.2) is 83.2 Å². The van der Waals surface area contributed by atoms with Gasteiger partial charge >= 0.3 is 18.2 Å². The summed E-state index contributed by atoms with van der Waals surface area (Å²) in [4.78, 5) is 42.2. The third kappa shape index (κ3) is 8.55. The van der Waals surface area contributed by atoms with Crippen molar-refractivity contribution in [1.29, 1.82) is 0 Å². The van der Waals surface area contributed by atoms with Gasteiger partial charge in [-0.05, 0) is 89.4 Å². The van der Waals surface area contributed by atoms with Crippen LogP contribution in [0.5, 0.6) is 11.5 Å². The number of rotatable bonds is 7. The SMILES string of the molecule is Cc1cc(Cl)c(OCCOc2ccc(C3=C(C(=O)O)C4CN(C(=O)OC(C)(C)C)CC3CN4C(=O)OC(C)(C)C)cc2)c(Cl)c1. The van der Waals surface area contributed by atoms with E-state index < -0.39 is 41.3 Å². The van der Waals surface area contributed by atoms with Crippen LogP contribution in [0.2, 0.25) is 10.0 Å². The molecule has 3 aliphatic heterocycles. The largest absolute Gasteiger partial charge is 0.490 e. The lowest BCUT2D eigenvalue weighted by molar-refractivity contribution is -0.133. The predicted octanol–water partition coefficient (Wildman–Crippen LogP) is 7.08. The van der Waals surface area contributed by atoms with Gasteiger partial charge in [-0.3, -0.25) is 4.90 Å². The zero-order valence-electron chi connectivity index (χ0n) is 26.6. The zero-order valence-corrected chi connectivity index (χ0v) is 28.1. The Morgan fingerprint density at radius 1 is 0.844 bits per heavy atom. The third-order valence-corrected chi connectivity index (χ3v) is 7.64. The Hall–Kier alpha value is -3.63. The molecule has 3 heterocycles. The molecule has 5 rings (SSSR count). The molecule has 0 spiro atoms. The zero-order chi connectivity index (χ0) is 33.3. The van der Waals surface area contributed by atoms with Crippen molar-refractivity contribution in [2.45, 2.75) is 65.7 Å². The maximum atomic E-state index is 13.3. The first kappa shape index (κ1) is 34.2. The fraction of sp³-hybridized carbons (Fsp3) is 0.485. The fourth-order valence-electron chi connectivity index (χ4n) is 5.40. The van der Waals surface area contributed by atoms with E-state index in [1.165, 1.54) is 9.80 Å². The molecular formula is C33H40Cl2N2O8. The number of carboxylic acid groups (broad SMARTS) is 1. The van der Waals surface area contributed by atoms with E-state index in [-0.39, 0.29) is 38.4 Å². The summed E-state index contributed by atoms with van der Waals surface area (Å²) >= 11 is 12.5. The van der Waals surface area contributed by atoms with Gasteiger partial charge in [0.1, 0.15) is 30.2 Å². The summed E-state index contributed by atoms with van der Waals surface area (Å²) in [7, 11) is 0. The first-order valence-electron chi connectivity index (χ1n) is 14.7. The summed E-state index contributed by atoms with van der Waals surface area (Å²) in [5.74, 6) is -0.755. The number of nitrogens with zero attached hydrogens (tertiary/aromatic N) is 2. The van der Waals surface area contributed by atoms with Gasteiger partial charge in [0.2, 0.25) is 0 Å². The molecule has 0 aliphatic carbocycles. The number of carboxylic acids is 1. The van der Waals surface area contributed by atoms with E-state index in [9.17, 15) is 19.5 Å².